The lowest BCUT2D eigenvalue weighted by molar-refractivity contribution is 0.0606. The molecule has 12 heteroatoms. The van der Waals surface area contributed by atoms with Gasteiger partial charge in [-0.1, -0.05) is 50.2 Å². The van der Waals surface area contributed by atoms with Crippen molar-refractivity contribution in [3.05, 3.63) is 77.7 Å². The molecular weight excluding hydrogens is 553 g/mol. The Morgan fingerprint density at radius 1 is 1.05 bits per heavy atom. The number of benzene rings is 2. The zero-order valence-electron chi connectivity index (χ0n) is 22.6. The van der Waals surface area contributed by atoms with Crippen LogP contribution < -0.4 is 15.4 Å². The quantitative estimate of drug-likeness (QED) is 0.237. The average Bonchev–Trinajstić information content (AvgIpc) is 2.94. The lowest BCUT2D eigenvalue weighted by atomic mass is 9.96. The number of piperidine rings is 1. The normalized spacial score (nSPS) is 17.7. The third-order valence-corrected chi connectivity index (χ3v) is 8.25. The van der Waals surface area contributed by atoms with Crippen LogP contribution in [0.15, 0.2) is 60.8 Å². The first kappa shape index (κ1) is 28.7. The van der Waals surface area contributed by atoms with E-state index in [1.165, 1.54) is 12.1 Å². The Morgan fingerprint density at radius 2 is 1.83 bits per heavy atom. The number of halogens is 3. The number of nitrogens with one attached hydrogen (secondary N) is 3. The van der Waals surface area contributed by atoms with Crippen molar-refractivity contribution in [2.24, 2.45) is 5.92 Å². The highest BCUT2D eigenvalue weighted by molar-refractivity contribution is 7.91. The molecule has 3 N–H and O–H groups in total. The van der Waals surface area contributed by atoms with Crippen molar-refractivity contribution in [2.75, 3.05) is 23.1 Å². The van der Waals surface area contributed by atoms with Crippen molar-refractivity contribution in [3.8, 4) is 11.3 Å². The first-order chi connectivity index (χ1) is 19.6. The molecule has 2 atom stereocenters. The number of nitrogens with zero attached hydrogens (tertiary/aromatic N) is 3. The van der Waals surface area contributed by atoms with Gasteiger partial charge in [0.15, 0.2) is 0 Å². The molecule has 3 heterocycles. The molecule has 5 rings (SSSR count). The van der Waals surface area contributed by atoms with Crippen molar-refractivity contribution in [1.29, 1.82) is 0 Å². The topological polar surface area (TPSA) is 109 Å². The maximum Gasteiger partial charge on any atom is 0.242 e. The van der Waals surface area contributed by atoms with Crippen molar-refractivity contribution in [2.45, 2.75) is 44.4 Å². The summed E-state index contributed by atoms with van der Waals surface area (Å²) < 4.78 is 69.0. The fraction of sp³-hybridized carbons (Fsp3) is 0.345. The van der Waals surface area contributed by atoms with Crippen LogP contribution in [-0.4, -0.2) is 48.9 Å². The van der Waals surface area contributed by atoms with Gasteiger partial charge in [0.05, 0.1) is 28.8 Å². The van der Waals surface area contributed by atoms with Crippen LogP contribution in [0.1, 0.15) is 37.3 Å². The molecule has 41 heavy (non-hydrogen) atoms. The standard InChI is InChI=1S/C29H31F3N6O2S/c1-17(2)22-12-25(19-8-9-24(23(30)11-19)38-41(39,40)16-18-6-4-3-5-7-18)36-26-15-34-29(37-27(22)26)35-21-10-20(28(31)32)13-33-14-21/h3-9,11-12,15,17,20-21,28,33,38H,10,13-14,16H2,1-2H3,(H,34,35,37)/t20?,21-/m0/s1. The predicted molar refractivity (Wildman–Crippen MR) is 154 cm³/mol. The second-order valence-corrected chi connectivity index (χ2v) is 12.3. The summed E-state index contributed by atoms with van der Waals surface area (Å²) in [7, 11) is -3.83. The van der Waals surface area contributed by atoms with Gasteiger partial charge < -0.3 is 10.6 Å². The molecule has 2 aromatic carbocycles. The van der Waals surface area contributed by atoms with Gasteiger partial charge in [-0.2, -0.15) is 0 Å². The molecule has 1 fully saturated rings. The molecular formula is C29H31F3N6O2S. The van der Waals surface area contributed by atoms with Gasteiger partial charge in [0, 0.05) is 30.6 Å². The monoisotopic (exact) mass is 584 g/mol. The van der Waals surface area contributed by atoms with E-state index in [1.807, 2.05) is 19.9 Å². The van der Waals surface area contributed by atoms with E-state index in [9.17, 15) is 17.2 Å². The summed E-state index contributed by atoms with van der Waals surface area (Å²) in [4.78, 5) is 13.7. The largest absolute Gasteiger partial charge is 0.350 e. The predicted octanol–water partition coefficient (Wildman–Crippen LogP) is 5.55. The molecule has 0 bridgehead atoms. The lowest BCUT2D eigenvalue weighted by Crippen LogP contribution is -2.45. The molecule has 8 nitrogen and oxygen atoms in total. The van der Waals surface area contributed by atoms with Gasteiger partial charge in [0.1, 0.15) is 11.3 Å². The van der Waals surface area contributed by atoms with Crippen molar-refractivity contribution < 1.29 is 21.6 Å². The smallest absolute Gasteiger partial charge is 0.242 e. The SMILES string of the molecule is CC(C)c1cc(-c2ccc(NS(=O)(=O)Cc3ccccc3)c(F)c2)nc2cnc(N[C@@H]3CNCC(C(F)F)C3)nc12. The molecule has 1 aliphatic heterocycles. The second-order valence-electron chi connectivity index (χ2n) is 10.5. The molecule has 0 spiro atoms. The molecule has 0 saturated carbocycles. The van der Waals surface area contributed by atoms with E-state index in [2.05, 4.69) is 30.3 Å². The molecule has 1 saturated heterocycles. The van der Waals surface area contributed by atoms with Crippen LogP contribution in [0, 0.1) is 11.7 Å². The lowest BCUT2D eigenvalue weighted by Gasteiger charge is -2.30. The summed E-state index contributed by atoms with van der Waals surface area (Å²) in [6, 6.07) is 14.5. The minimum Gasteiger partial charge on any atom is -0.350 e. The molecule has 1 aliphatic rings. The van der Waals surface area contributed by atoms with Crippen LogP contribution in [0.5, 0.6) is 0 Å². The van der Waals surface area contributed by atoms with Crippen molar-refractivity contribution in [1.82, 2.24) is 20.3 Å². The van der Waals surface area contributed by atoms with Gasteiger partial charge in [0.2, 0.25) is 22.4 Å². The van der Waals surface area contributed by atoms with E-state index in [0.29, 0.717) is 46.8 Å². The molecule has 216 valence electrons. The zero-order chi connectivity index (χ0) is 29.1. The minimum absolute atomic E-state index is 0.0375. The van der Waals surface area contributed by atoms with Crippen LogP contribution in [0.2, 0.25) is 0 Å². The first-order valence-electron chi connectivity index (χ1n) is 13.4. The van der Waals surface area contributed by atoms with Crippen LogP contribution >= 0.6 is 0 Å². The van der Waals surface area contributed by atoms with Crippen molar-refractivity contribution >= 4 is 32.7 Å². The van der Waals surface area contributed by atoms with E-state index in [0.717, 1.165) is 5.56 Å². The van der Waals surface area contributed by atoms with Gasteiger partial charge in [0.25, 0.3) is 0 Å². The maximum atomic E-state index is 15.1. The molecule has 4 aromatic rings. The summed E-state index contributed by atoms with van der Waals surface area (Å²) in [5.74, 6) is -1.38. The second kappa shape index (κ2) is 12.0. The highest BCUT2D eigenvalue weighted by Gasteiger charge is 2.28. The highest BCUT2D eigenvalue weighted by atomic mass is 32.2. The van der Waals surface area contributed by atoms with E-state index in [-0.39, 0.29) is 29.9 Å². The van der Waals surface area contributed by atoms with E-state index in [1.54, 1.807) is 42.6 Å². The minimum atomic E-state index is -3.83. The number of anilines is 2. The van der Waals surface area contributed by atoms with Gasteiger partial charge in [-0.05, 0) is 41.7 Å². The average molecular weight is 585 g/mol. The van der Waals surface area contributed by atoms with E-state index in [4.69, 9.17) is 0 Å². The Morgan fingerprint density at radius 3 is 2.54 bits per heavy atom. The summed E-state index contributed by atoms with van der Waals surface area (Å²) in [6.45, 7) is 4.80. The Balaban J connectivity index is 1.39. The third-order valence-electron chi connectivity index (χ3n) is 7.00. The number of rotatable bonds is 9. The first-order valence-corrected chi connectivity index (χ1v) is 15.0. The number of hydrogen-bond donors (Lipinski definition) is 3. The fourth-order valence-electron chi connectivity index (χ4n) is 4.92. The van der Waals surface area contributed by atoms with E-state index >= 15 is 4.39 Å². The summed E-state index contributed by atoms with van der Waals surface area (Å²) in [6.07, 6.45) is -0.527. The Bertz CT molecular complexity index is 1640. The van der Waals surface area contributed by atoms with Gasteiger partial charge in [-0.25, -0.2) is 36.5 Å². The summed E-state index contributed by atoms with van der Waals surface area (Å²) in [5, 5.41) is 6.20. The van der Waals surface area contributed by atoms with Crippen molar-refractivity contribution in [3.63, 3.8) is 0 Å². The number of sulfonamides is 1. The Kier molecular flexibility index (Phi) is 8.41. The number of aromatic nitrogens is 3. The third kappa shape index (κ3) is 6.94. The van der Waals surface area contributed by atoms with Crippen LogP contribution in [-0.2, 0) is 15.8 Å². The zero-order valence-corrected chi connectivity index (χ0v) is 23.4. The highest BCUT2D eigenvalue weighted by Crippen LogP contribution is 2.31. The summed E-state index contributed by atoms with van der Waals surface area (Å²) in [5.41, 5.74) is 3.35. The number of hydrogen-bond acceptors (Lipinski definition) is 7. The van der Waals surface area contributed by atoms with Gasteiger partial charge >= 0.3 is 0 Å². The number of pyridine rings is 1. The number of alkyl halides is 2. The van der Waals surface area contributed by atoms with E-state index < -0.39 is 28.2 Å². The Labute approximate surface area is 236 Å². The molecule has 0 aliphatic carbocycles. The van der Waals surface area contributed by atoms with Crippen LogP contribution in [0.25, 0.3) is 22.3 Å². The van der Waals surface area contributed by atoms with Crippen LogP contribution in [0.3, 0.4) is 0 Å². The number of fused-ring (bicyclic) bond motifs is 1. The molecule has 0 amide bonds. The Hall–Kier alpha value is -3.77. The molecule has 0 radical (unpaired) electrons. The van der Waals surface area contributed by atoms with Gasteiger partial charge in [-0.15, -0.1) is 0 Å². The summed E-state index contributed by atoms with van der Waals surface area (Å²) >= 11 is 0. The maximum absolute atomic E-state index is 15.1. The fourth-order valence-corrected chi connectivity index (χ4v) is 6.12. The molecule has 2 aromatic heterocycles. The van der Waals surface area contributed by atoms with Crippen LogP contribution in [0.4, 0.5) is 24.8 Å². The van der Waals surface area contributed by atoms with Gasteiger partial charge in [-0.3, -0.25) is 4.72 Å². The molecule has 1 unspecified atom stereocenters.